The molecule has 0 saturated heterocycles. The van der Waals surface area contributed by atoms with Gasteiger partial charge in [-0.2, -0.15) is 0 Å². The third kappa shape index (κ3) is 7.03. The number of rotatable bonds is 7. The summed E-state index contributed by atoms with van der Waals surface area (Å²) in [5.74, 6) is 1.51. The van der Waals surface area contributed by atoms with E-state index >= 15 is 0 Å². The summed E-state index contributed by atoms with van der Waals surface area (Å²) in [5, 5.41) is 17.2. The van der Waals surface area contributed by atoms with E-state index in [1.54, 1.807) is 23.5 Å². The highest BCUT2D eigenvalue weighted by Gasteiger charge is 2.03. The van der Waals surface area contributed by atoms with Crippen molar-refractivity contribution in [2.75, 3.05) is 24.7 Å². The molecular weight excluding hydrogens is 192 g/mol. The Hall–Kier alpha value is 0.360. The number of aliphatic hydroxyl groups is 2. The Labute approximate surface area is 82.4 Å². The van der Waals surface area contributed by atoms with Gasteiger partial charge in [0.1, 0.15) is 0 Å². The Morgan fingerprint density at radius 1 is 1.17 bits per heavy atom. The molecule has 0 aliphatic rings. The average Bonchev–Trinajstić information content (AvgIpc) is 2.10. The van der Waals surface area contributed by atoms with Crippen LogP contribution in [0.2, 0.25) is 0 Å². The van der Waals surface area contributed by atoms with E-state index in [9.17, 15) is 0 Å². The van der Waals surface area contributed by atoms with Gasteiger partial charge in [0.2, 0.25) is 0 Å². The van der Waals surface area contributed by atoms with Crippen molar-refractivity contribution >= 4 is 23.5 Å². The van der Waals surface area contributed by atoms with Crippen LogP contribution in [0.1, 0.15) is 6.92 Å². The first kappa shape index (κ1) is 12.4. The molecule has 0 spiro atoms. The second-order valence-corrected chi connectivity index (χ2v) is 4.88. The van der Waals surface area contributed by atoms with E-state index in [2.05, 4.69) is 6.08 Å². The first-order chi connectivity index (χ1) is 5.85. The molecular formula is C8H16O2S2. The fourth-order valence-electron chi connectivity index (χ4n) is 0.654. The largest absolute Gasteiger partial charge is 0.396 e. The van der Waals surface area contributed by atoms with Crippen molar-refractivity contribution < 1.29 is 10.2 Å². The third-order valence-electron chi connectivity index (χ3n) is 1.10. The van der Waals surface area contributed by atoms with Gasteiger partial charge >= 0.3 is 0 Å². The zero-order valence-electron chi connectivity index (χ0n) is 7.27. The number of allylic oxidation sites excluding steroid dienone is 1. The Kier molecular flexibility index (Phi) is 9.73. The second-order valence-electron chi connectivity index (χ2n) is 2.08. The molecule has 0 radical (unpaired) electrons. The lowest BCUT2D eigenvalue weighted by Gasteiger charge is -2.09. The highest BCUT2D eigenvalue weighted by Crippen LogP contribution is 2.24. The van der Waals surface area contributed by atoms with E-state index in [1.165, 1.54) is 0 Å². The van der Waals surface area contributed by atoms with Crippen molar-refractivity contribution in [1.29, 1.82) is 0 Å². The molecule has 0 rings (SSSR count). The number of aliphatic hydroxyl groups excluding tert-OH is 2. The summed E-state index contributed by atoms with van der Waals surface area (Å²) in [7, 11) is 0. The van der Waals surface area contributed by atoms with Crippen molar-refractivity contribution in [2.45, 2.75) is 11.5 Å². The lowest BCUT2D eigenvalue weighted by molar-refractivity contribution is 0.322. The summed E-state index contributed by atoms with van der Waals surface area (Å²) < 4.78 is 0.370. The van der Waals surface area contributed by atoms with Crippen molar-refractivity contribution in [3.8, 4) is 0 Å². The molecule has 0 atom stereocenters. The van der Waals surface area contributed by atoms with Crippen molar-refractivity contribution in [3.63, 3.8) is 0 Å². The SMILES string of the molecule is C/C=C/C(SCCO)SCCO. The Morgan fingerprint density at radius 3 is 2.00 bits per heavy atom. The quantitative estimate of drug-likeness (QED) is 0.489. The molecule has 0 unspecified atom stereocenters. The van der Waals surface area contributed by atoms with Gasteiger partial charge < -0.3 is 10.2 Å². The molecule has 0 aromatic carbocycles. The molecule has 2 N–H and O–H groups in total. The predicted octanol–water partition coefficient (Wildman–Crippen LogP) is 1.34. The number of thioether (sulfide) groups is 2. The van der Waals surface area contributed by atoms with Gasteiger partial charge in [0.05, 0.1) is 17.8 Å². The van der Waals surface area contributed by atoms with Crippen LogP contribution in [0.25, 0.3) is 0 Å². The van der Waals surface area contributed by atoms with E-state index in [-0.39, 0.29) is 13.2 Å². The highest BCUT2D eigenvalue weighted by atomic mass is 32.2. The van der Waals surface area contributed by atoms with Crippen molar-refractivity contribution in [2.24, 2.45) is 0 Å². The van der Waals surface area contributed by atoms with E-state index in [1.807, 2.05) is 13.0 Å². The summed E-state index contributed by atoms with van der Waals surface area (Å²) in [6, 6.07) is 0. The maximum absolute atomic E-state index is 8.61. The van der Waals surface area contributed by atoms with Crippen LogP contribution in [-0.4, -0.2) is 39.5 Å². The standard InChI is InChI=1S/C8H16O2S2/c1-2-3-8(11-6-4-9)12-7-5-10/h2-3,8-10H,4-7H2,1H3/b3-2+. The molecule has 0 amide bonds. The Bertz CT molecular complexity index is 110. The molecule has 0 fully saturated rings. The fraction of sp³-hybridized carbons (Fsp3) is 0.750. The molecule has 0 aromatic rings. The normalized spacial score (nSPS) is 11.7. The fourth-order valence-corrected chi connectivity index (χ4v) is 2.83. The van der Waals surface area contributed by atoms with Crippen LogP contribution in [0.15, 0.2) is 12.2 Å². The molecule has 2 nitrogen and oxygen atoms in total. The van der Waals surface area contributed by atoms with Gasteiger partial charge in [-0.25, -0.2) is 0 Å². The molecule has 4 heteroatoms. The third-order valence-corrected chi connectivity index (χ3v) is 3.72. The molecule has 72 valence electrons. The molecule has 0 saturated carbocycles. The maximum Gasteiger partial charge on any atom is 0.0683 e. The van der Waals surface area contributed by atoms with E-state index in [0.29, 0.717) is 4.58 Å². The topological polar surface area (TPSA) is 40.5 Å². The zero-order valence-corrected chi connectivity index (χ0v) is 8.90. The lowest BCUT2D eigenvalue weighted by atomic mass is 10.6. The number of hydrogen-bond acceptors (Lipinski definition) is 4. The van der Waals surface area contributed by atoms with Crippen LogP contribution in [0.3, 0.4) is 0 Å². The van der Waals surface area contributed by atoms with Gasteiger partial charge in [-0.05, 0) is 6.92 Å². The summed E-state index contributed by atoms with van der Waals surface area (Å²) >= 11 is 3.40. The van der Waals surface area contributed by atoms with E-state index in [0.717, 1.165) is 11.5 Å². The van der Waals surface area contributed by atoms with E-state index in [4.69, 9.17) is 10.2 Å². The molecule has 0 bridgehead atoms. The second kappa shape index (κ2) is 9.45. The number of hydrogen-bond donors (Lipinski definition) is 2. The minimum absolute atomic E-state index is 0.221. The van der Waals surface area contributed by atoms with Crippen molar-refractivity contribution in [3.05, 3.63) is 12.2 Å². The van der Waals surface area contributed by atoms with E-state index < -0.39 is 0 Å². The van der Waals surface area contributed by atoms with Crippen LogP contribution in [-0.2, 0) is 0 Å². The predicted molar refractivity (Wildman–Crippen MR) is 57.7 cm³/mol. The van der Waals surface area contributed by atoms with Crippen LogP contribution in [0.4, 0.5) is 0 Å². The van der Waals surface area contributed by atoms with Crippen LogP contribution in [0, 0.1) is 0 Å². The summed E-state index contributed by atoms with van der Waals surface area (Å²) in [6.07, 6.45) is 4.08. The van der Waals surface area contributed by atoms with Crippen LogP contribution in [0.5, 0.6) is 0 Å². The van der Waals surface area contributed by atoms with Gasteiger partial charge in [-0.3, -0.25) is 0 Å². The van der Waals surface area contributed by atoms with Gasteiger partial charge in [-0.15, -0.1) is 23.5 Å². The summed E-state index contributed by atoms with van der Waals surface area (Å²) in [4.78, 5) is 0. The molecule has 0 aliphatic carbocycles. The molecule has 0 aliphatic heterocycles. The smallest absolute Gasteiger partial charge is 0.0683 e. The lowest BCUT2D eigenvalue weighted by Crippen LogP contribution is -1.99. The monoisotopic (exact) mass is 208 g/mol. The van der Waals surface area contributed by atoms with Crippen LogP contribution < -0.4 is 0 Å². The maximum atomic E-state index is 8.61. The Morgan fingerprint density at radius 2 is 1.67 bits per heavy atom. The van der Waals surface area contributed by atoms with Gasteiger partial charge in [0, 0.05) is 11.5 Å². The minimum Gasteiger partial charge on any atom is -0.396 e. The molecule has 0 heterocycles. The first-order valence-electron chi connectivity index (χ1n) is 3.93. The highest BCUT2D eigenvalue weighted by molar-refractivity contribution is 8.17. The summed E-state index contributed by atoms with van der Waals surface area (Å²) in [6.45, 7) is 2.42. The molecule has 12 heavy (non-hydrogen) atoms. The van der Waals surface area contributed by atoms with Gasteiger partial charge in [0.15, 0.2) is 0 Å². The molecule has 0 aromatic heterocycles. The van der Waals surface area contributed by atoms with Crippen LogP contribution >= 0.6 is 23.5 Å². The first-order valence-corrected chi connectivity index (χ1v) is 6.02. The summed E-state index contributed by atoms with van der Waals surface area (Å²) in [5.41, 5.74) is 0. The van der Waals surface area contributed by atoms with Gasteiger partial charge in [0.25, 0.3) is 0 Å². The van der Waals surface area contributed by atoms with Crippen molar-refractivity contribution in [1.82, 2.24) is 0 Å². The zero-order chi connectivity index (χ0) is 9.23. The van der Waals surface area contributed by atoms with Gasteiger partial charge in [-0.1, -0.05) is 12.2 Å². The average molecular weight is 208 g/mol. The Balaban J connectivity index is 3.54. The minimum atomic E-state index is 0.221.